The number of halogens is 1. The Morgan fingerprint density at radius 1 is 1.21 bits per heavy atom. The highest BCUT2D eigenvalue weighted by molar-refractivity contribution is 6.32. The van der Waals surface area contributed by atoms with Gasteiger partial charge in [-0.15, -0.1) is 0 Å². The quantitative estimate of drug-likeness (QED) is 0.906. The first kappa shape index (κ1) is 13.0. The van der Waals surface area contributed by atoms with Crippen molar-refractivity contribution >= 4 is 11.6 Å². The molecule has 104 valence electrons. The summed E-state index contributed by atoms with van der Waals surface area (Å²) in [4.78, 5) is 0. The molecule has 0 aromatic heterocycles. The zero-order chi connectivity index (χ0) is 13.2. The number of benzene rings is 1. The van der Waals surface area contributed by atoms with Crippen LogP contribution in [0.1, 0.15) is 24.5 Å². The van der Waals surface area contributed by atoms with Crippen molar-refractivity contribution in [2.24, 2.45) is 11.7 Å². The summed E-state index contributed by atoms with van der Waals surface area (Å²) >= 11 is 6.27. The van der Waals surface area contributed by atoms with Crippen LogP contribution in [0.2, 0.25) is 5.02 Å². The van der Waals surface area contributed by atoms with Gasteiger partial charge in [-0.05, 0) is 37.1 Å². The van der Waals surface area contributed by atoms with Gasteiger partial charge in [0.15, 0.2) is 11.5 Å². The molecule has 1 aromatic carbocycles. The van der Waals surface area contributed by atoms with Gasteiger partial charge in [0.05, 0.1) is 11.1 Å². The Bertz CT molecular complexity index is 466. The van der Waals surface area contributed by atoms with Crippen LogP contribution >= 0.6 is 11.6 Å². The molecule has 3 rings (SSSR count). The second kappa shape index (κ2) is 5.57. The van der Waals surface area contributed by atoms with Gasteiger partial charge in [0.2, 0.25) is 0 Å². The van der Waals surface area contributed by atoms with Crippen molar-refractivity contribution in [3.05, 3.63) is 22.7 Å². The van der Waals surface area contributed by atoms with Gasteiger partial charge >= 0.3 is 0 Å². The smallest absolute Gasteiger partial charge is 0.179 e. The molecule has 2 unspecified atom stereocenters. The molecule has 0 spiro atoms. The molecule has 2 aliphatic heterocycles. The fraction of sp³-hybridized carbons (Fsp3) is 0.571. The number of ether oxygens (including phenoxy) is 3. The zero-order valence-electron chi connectivity index (χ0n) is 10.7. The SMILES string of the molecule is NCC1CCCOC1c1cc(Cl)c2c(c1)OCCO2. The molecule has 1 fully saturated rings. The van der Waals surface area contributed by atoms with Crippen LogP contribution in [0.4, 0.5) is 0 Å². The van der Waals surface area contributed by atoms with Gasteiger partial charge in [0.1, 0.15) is 13.2 Å². The van der Waals surface area contributed by atoms with Crippen LogP contribution < -0.4 is 15.2 Å². The Balaban J connectivity index is 1.93. The van der Waals surface area contributed by atoms with Gasteiger partial charge in [-0.25, -0.2) is 0 Å². The van der Waals surface area contributed by atoms with Crippen molar-refractivity contribution in [1.29, 1.82) is 0 Å². The van der Waals surface area contributed by atoms with E-state index < -0.39 is 0 Å². The third-order valence-electron chi connectivity index (χ3n) is 3.70. The summed E-state index contributed by atoms with van der Waals surface area (Å²) in [5, 5.41) is 0.581. The van der Waals surface area contributed by atoms with E-state index in [0.717, 1.165) is 25.0 Å². The van der Waals surface area contributed by atoms with E-state index in [1.165, 1.54) is 0 Å². The molecule has 2 heterocycles. The van der Waals surface area contributed by atoms with E-state index in [-0.39, 0.29) is 6.10 Å². The second-order valence-electron chi connectivity index (χ2n) is 4.96. The average molecular weight is 284 g/mol. The van der Waals surface area contributed by atoms with E-state index >= 15 is 0 Å². The van der Waals surface area contributed by atoms with Crippen LogP contribution in [0.15, 0.2) is 12.1 Å². The fourth-order valence-corrected chi connectivity index (χ4v) is 3.02. The van der Waals surface area contributed by atoms with Crippen LogP contribution in [0.3, 0.4) is 0 Å². The van der Waals surface area contributed by atoms with Crippen LogP contribution in [0.5, 0.6) is 11.5 Å². The number of nitrogens with two attached hydrogens (primary N) is 1. The molecule has 0 amide bonds. The Morgan fingerprint density at radius 3 is 2.89 bits per heavy atom. The Hall–Kier alpha value is -0.970. The molecule has 2 N–H and O–H groups in total. The van der Waals surface area contributed by atoms with Gasteiger partial charge in [-0.3, -0.25) is 0 Å². The molecule has 0 radical (unpaired) electrons. The van der Waals surface area contributed by atoms with E-state index in [9.17, 15) is 0 Å². The molecule has 4 nitrogen and oxygen atoms in total. The predicted molar refractivity (Wildman–Crippen MR) is 72.9 cm³/mol. The van der Waals surface area contributed by atoms with Gasteiger partial charge in [-0.2, -0.15) is 0 Å². The maximum absolute atomic E-state index is 6.27. The average Bonchev–Trinajstić information content (AvgIpc) is 2.47. The number of hydrogen-bond donors (Lipinski definition) is 1. The maximum atomic E-state index is 6.27. The van der Waals surface area contributed by atoms with Crippen molar-refractivity contribution in [2.75, 3.05) is 26.4 Å². The first-order valence-corrected chi connectivity index (χ1v) is 7.08. The van der Waals surface area contributed by atoms with E-state index in [2.05, 4.69) is 0 Å². The molecular weight excluding hydrogens is 266 g/mol. The van der Waals surface area contributed by atoms with Crippen molar-refractivity contribution in [3.8, 4) is 11.5 Å². The molecule has 0 aliphatic carbocycles. The van der Waals surface area contributed by atoms with E-state index in [0.29, 0.717) is 42.2 Å². The lowest BCUT2D eigenvalue weighted by atomic mass is 9.89. The fourth-order valence-electron chi connectivity index (χ4n) is 2.75. The lowest BCUT2D eigenvalue weighted by Crippen LogP contribution is -2.28. The van der Waals surface area contributed by atoms with Gasteiger partial charge < -0.3 is 19.9 Å². The summed E-state index contributed by atoms with van der Waals surface area (Å²) < 4.78 is 17.0. The third-order valence-corrected chi connectivity index (χ3v) is 3.98. The summed E-state index contributed by atoms with van der Waals surface area (Å²) in [6.07, 6.45) is 2.16. The first-order valence-electron chi connectivity index (χ1n) is 6.70. The molecule has 19 heavy (non-hydrogen) atoms. The van der Waals surface area contributed by atoms with Gasteiger partial charge in [-0.1, -0.05) is 11.6 Å². The molecule has 1 aromatic rings. The topological polar surface area (TPSA) is 53.7 Å². The van der Waals surface area contributed by atoms with Gasteiger partial charge in [0, 0.05) is 12.5 Å². The molecule has 0 saturated carbocycles. The van der Waals surface area contributed by atoms with E-state index in [1.54, 1.807) is 0 Å². The Morgan fingerprint density at radius 2 is 2.05 bits per heavy atom. The summed E-state index contributed by atoms with van der Waals surface area (Å²) in [5.41, 5.74) is 6.87. The molecule has 2 atom stereocenters. The molecule has 2 aliphatic rings. The number of fused-ring (bicyclic) bond motifs is 1. The maximum Gasteiger partial charge on any atom is 0.179 e. The lowest BCUT2D eigenvalue weighted by Gasteiger charge is -2.32. The molecule has 0 bridgehead atoms. The monoisotopic (exact) mass is 283 g/mol. The van der Waals surface area contributed by atoms with Crippen molar-refractivity contribution in [1.82, 2.24) is 0 Å². The van der Waals surface area contributed by atoms with E-state index in [1.807, 2.05) is 12.1 Å². The minimum Gasteiger partial charge on any atom is -0.486 e. The largest absolute Gasteiger partial charge is 0.486 e. The predicted octanol–water partition coefficient (Wildman–Crippen LogP) is 2.54. The summed E-state index contributed by atoms with van der Waals surface area (Å²) in [5.74, 6) is 1.68. The molecule has 1 saturated heterocycles. The lowest BCUT2D eigenvalue weighted by molar-refractivity contribution is -0.0253. The highest BCUT2D eigenvalue weighted by Gasteiger charge is 2.28. The Kier molecular flexibility index (Phi) is 3.82. The van der Waals surface area contributed by atoms with Crippen molar-refractivity contribution in [2.45, 2.75) is 18.9 Å². The van der Waals surface area contributed by atoms with Crippen LogP contribution in [0, 0.1) is 5.92 Å². The summed E-state index contributed by atoms with van der Waals surface area (Å²) in [6.45, 7) is 2.49. The number of rotatable bonds is 2. The standard InChI is InChI=1S/C14H18ClNO3/c15-11-6-10(7-12-14(11)19-5-4-17-12)13-9(8-16)2-1-3-18-13/h6-7,9,13H,1-5,8,16H2. The minimum atomic E-state index is 0.00655. The van der Waals surface area contributed by atoms with Crippen LogP contribution in [-0.4, -0.2) is 26.4 Å². The normalized spacial score (nSPS) is 26.2. The summed E-state index contributed by atoms with van der Waals surface area (Å²) in [7, 11) is 0. The van der Waals surface area contributed by atoms with Crippen LogP contribution in [0.25, 0.3) is 0 Å². The summed E-state index contributed by atoms with van der Waals surface area (Å²) in [6, 6.07) is 3.88. The Labute approximate surface area is 117 Å². The molecular formula is C14H18ClNO3. The zero-order valence-corrected chi connectivity index (χ0v) is 11.5. The minimum absolute atomic E-state index is 0.00655. The second-order valence-corrected chi connectivity index (χ2v) is 5.36. The molecule has 5 heteroatoms. The first-order chi connectivity index (χ1) is 9.29. The highest BCUT2D eigenvalue weighted by Crippen LogP contribution is 2.42. The van der Waals surface area contributed by atoms with Crippen molar-refractivity contribution < 1.29 is 14.2 Å². The highest BCUT2D eigenvalue weighted by atomic mass is 35.5. The van der Waals surface area contributed by atoms with Crippen molar-refractivity contribution in [3.63, 3.8) is 0 Å². The third kappa shape index (κ3) is 2.53. The number of hydrogen-bond acceptors (Lipinski definition) is 4. The van der Waals surface area contributed by atoms with Crippen LogP contribution in [-0.2, 0) is 4.74 Å². The van der Waals surface area contributed by atoms with E-state index in [4.69, 9.17) is 31.5 Å². The van der Waals surface area contributed by atoms with Gasteiger partial charge in [0.25, 0.3) is 0 Å².